The second-order valence-electron chi connectivity index (χ2n) is 7.94. The molecule has 6 nitrogen and oxygen atoms in total. The zero-order valence-electron chi connectivity index (χ0n) is 18.0. The standard InChI is InChI=1S/C22H23F5N2O4/c1-11-16(14-4-5-15(23)17(24)18(14)32-3)19(33-21(11,2)22(25,26)27)20(31)29-13-6-8-28-12(10-13)7-9-30/h4-6,8,10-11,16,19,30H,7,9H2,1-3H3,(H,28,29,31)/t11-,16-,19+,21+/m0/s1. The summed E-state index contributed by atoms with van der Waals surface area (Å²) < 4.78 is 80.2. The van der Waals surface area contributed by atoms with Crippen molar-refractivity contribution < 1.29 is 41.3 Å². The zero-order chi connectivity index (χ0) is 24.6. The van der Waals surface area contributed by atoms with Gasteiger partial charge >= 0.3 is 6.18 Å². The van der Waals surface area contributed by atoms with Crippen LogP contribution >= 0.6 is 0 Å². The highest BCUT2D eigenvalue weighted by molar-refractivity contribution is 5.95. The summed E-state index contributed by atoms with van der Waals surface area (Å²) in [6.45, 7) is 1.86. The van der Waals surface area contributed by atoms with Crippen molar-refractivity contribution in [3.05, 3.63) is 53.4 Å². The lowest BCUT2D eigenvalue weighted by molar-refractivity contribution is -0.272. The van der Waals surface area contributed by atoms with Crippen LogP contribution in [0.15, 0.2) is 30.5 Å². The highest BCUT2D eigenvalue weighted by Gasteiger charge is 2.65. The fourth-order valence-corrected chi connectivity index (χ4v) is 4.06. The van der Waals surface area contributed by atoms with E-state index in [-0.39, 0.29) is 24.3 Å². The van der Waals surface area contributed by atoms with Gasteiger partial charge in [0, 0.05) is 48.0 Å². The van der Waals surface area contributed by atoms with Crippen LogP contribution in [0.4, 0.5) is 27.6 Å². The van der Waals surface area contributed by atoms with E-state index in [4.69, 9.17) is 14.6 Å². The number of nitrogens with zero attached hydrogens (tertiary/aromatic N) is 1. The number of amides is 1. The summed E-state index contributed by atoms with van der Waals surface area (Å²) in [7, 11) is 1.06. The van der Waals surface area contributed by atoms with Crippen molar-refractivity contribution in [2.75, 3.05) is 19.0 Å². The SMILES string of the molecule is COc1c([C@H]2[C@H](C(=O)Nc3ccnc(CCO)c3)O[C@@](C)(C(F)(F)F)[C@H]2C)ccc(F)c1F. The number of aliphatic hydroxyl groups is 1. The average Bonchev–Trinajstić information content (AvgIpc) is 3.02. The minimum Gasteiger partial charge on any atom is -0.493 e. The van der Waals surface area contributed by atoms with Crippen LogP contribution in [-0.4, -0.2) is 47.6 Å². The summed E-state index contributed by atoms with van der Waals surface area (Å²) in [4.78, 5) is 17.1. The summed E-state index contributed by atoms with van der Waals surface area (Å²) in [6, 6.07) is 4.74. The minimum atomic E-state index is -4.85. The highest BCUT2D eigenvalue weighted by atomic mass is 19.4. The van der Waals surface area contributed by atoms with Crippen LogP contribution in [0.2, 0.25) is 0 Å². The number of hydrogen-bond donors (Lipinski definition) is 2. The molecule has 0 spiro atoms. The van der Waals surface area contributed by atoms with E-state index in [1.807, 2.05) is 0 Å². The van der Waals surface area contributed by atoms with Crippen LogP contribution < -0.4 is 10.1 Å². The normalized spacial score (nSPS) is 25.2. The second kappa shape index (κ2) is 9.22. The molecule has 3 rings (SSSR count). The first-order valence-electron chi connectivity index (χ1n) is 10.1. The van der Waals surface area contributed by atoms with E-state index in [2.05, 4.69) is 10.3 Å². The molecule has 1 aliphatic rings. The molecule has 1 aliphatic heterocycles. The number of benzene rings is 1. The number of methoxy groups -OCH3 is 1. The van der Waals surface area contributed by atoms with E-state index < -0.39 is 53.0 Å². The van der Waals surface area contributed by atoms with Crippen LogP contribution in [0.3, 0.4) is 0 Å². The van der Waals surface area contributed by atoms with Gasteiger partial charge < -0.3 is 19.9 Å². The number of halogens is 5. The van der Waals surface area contributed by atoms with Gasteiger partial charge in [-0.15, -0.1) is 0 Å². The monoisotopic (exact) mass is 474 g/mol. The third kappa shape index (κ3) is 4.51. The third-order valence-electron chi connectivity index (χ3n) is 6.02. The highest BCUT2D eigenvalue weighted by Crippen LogP contribution is 2.55. The van der Waals surface area contributed by atoms with Crippen molar-refractivity contribution in [1.82, 2.24) is 4.98 Å². The van der Waals surface area contributed by atoms with Gasteiger partial charge in [-0.05, 0) is 25.1 Å². The van der Waals surface area contributed by atoms with Gasteiger partial charge in [0.25, 0.3) is 5.91 Å². The lowest BCUT2D eigenvalue weighted by Gasteiger charge is -2.32. The topological polar surface area (TPSA) is 80.7 Å². The van der Waals surface area contributed by atoms with E-state index in [0.29, 0.717) is 5.69 Å². The maximum atomic E-state index is 14.4. The van der Waals surface area contributed by atoms with Gasteiger partial charge in [-0.25, -0.2) is 4.39 Å². The molecule has 0 bridgehead atoms. The number of nitrogens with one attached hydrogen (secondary N) is 1. The van der Waals surface area contributed by atoms with E-state index in [1.165, 1.54) is 25.3 Å². The Balaban J connectivity index is 2.05. The summed E-state index contributed by atoms with van der Waals surface area (Å²) >= 11 is 0. The van der Waals surface area contributed by atoms with Crippen LogP contribution in [-0.2, 0) is 16.0 Å². The predicted octanol–water partition coefficient (Wildman–Crippen LogP) is 3.98. The molecule has 2 N–H and O–H groups in total. The Morgan fingerprint density at radius 2 is 2.00 bits per heavy atom. The minimum absolute atomic E-state index is 0.118. The average molecular weight is 474 g/mol. The number of hydrogen-bond acceptors (Lipinski definition) is 5. The molecule has 11 heteroatoms. The zero-order valence-corrected chi connectivity index (χ0v) is 18.0. The number of carbonyl (C=O) groups is 1. The van der Waals surface area contributed by atoms with Gasteiger partial charge in [0.15, 0.2) is 17.2 Å². The van der Waals surface area contributed by atoms with E-state index >= 15 is 0 Å². The van der Waals surface area contributed by atoms with Gasteiger partial charge in [0.05, 0.1) is 7.11 Å². The largest absolute Gasteiger partial charge is 0.493 e. The van der Waals surface area contributed by atoms with Crippen molar-refractivity contribution in [1.29, 1.82) is 0 Å². The molecule has 33 heavy (non-hydrogen) atoms. The van der Waals surface area contributed by atoms with Crippen LogP contribution in [0.1, 0.15) is 31.0 Å². The van der Waals surface area contributed by atoms with Crippen molar-refractivity contribution >= 4 is 11.6 Å². The maximum Gasteiger partial charge on any atom is 0.417 e. The number of ether oxygens (including phenoxy) is 2. The molecule has 2 aromatic rings. The predicted molar refractivity (Wildman–Crippen MR) is 108 cm³/mol. The fourth-order valence-electron chi connectivity index (χ4n) is 4.06. The molecule has 1 aromatic heterocycles. The molecule has 4 atom stereocenters. The van der Waals surface area contributed by atoms with Crippen molar-refractivity contribution in [2.24, 2.45) is 5.92 Å². The lowest BCUT2D eigenvalue weighted by atomic mass is 9.77. The molecule has 0 unspecified atom stereocenters. The Morgan fingerprint density at radius 1 is 1.30 bits per heavy atom. The first kappa shape index (κ1) is 24.8. The Morgan fingerprint density at radius 3 is 2.61 bits per heavy atom. The molecule has 180 valence electrons. The summed E-state index contributed by atoms with van der Waals surface area (Å²) in [5.74, 6) is -6.77. The number of rotatable bonds is 6. The third-order valence-corrected chi connectivity index (χ3v) is 6.02. The summed E-state index contributed by atoms with van der Waals surface area (Å²) in [5, 5.41) is 11.6. The molecule has 0 saturated carbocycles. The summed E-state index contributed by atoms with van der Waals surface area (Å²) in [5.41, 5.74) is -2.18. The first-order chi connectivity index (χ1) is 15.4. The van der Waals surface area contributed by atoms with Crippen molar-refractivity contribution in [2.45, 2.75) is 44.1 Å². The lowest BCUT2D eigenvalue weighted by Crippen LogP contribution is -2.47. The number of alkyl halides is 3. The first-order valence-corrected chi connectivity index (χ1v) is 10.1. The van der Waals surface area contributed by atoms with Crippen LogP contribution in [0.25, 0.3) is 0 Å². The Bertz CT molecular complexity index is 1030. The molecule has 0 radical (unpaired) electrons. The van der Waals surface area contributed by atoms with E-state index in [1.54, 1.807) is 0 Å². The van der Waals surface area contributed by atoms with Gasteiger partial charge in [-0.3, -0.25) is 9.78 Å². The number of carbonyl (C=O) groups excluding carboxylic acids is 1. The van der Waals surface area contributed by atoms with Crippen LogP contribution in [0, 0.1) is 17.6 Å². The van der Waals surface area contributed by atoms with Gasteiger partial charge in [-0.2, -0.15) is 17.6 Å². The van der Waals surface area contributed by atoms with Crippen molar-refractivity contribution in [3.63, 3.8) is 0 Å². The van der Waals surface area contributed by atoms with E-state index in [9.17, 15) is 26.7 Å². The molecule has 1 amide bonds. The Hall–Kier alpha value is -2.79. The number of anilines is 1. The van der Waals surface area contributed by atoms with Gasteiger partial charge in [-0.1, -0.05) is 13.0 Å². The molecule has 2 heterocycles. The molecule has 1 fully saturated rings. The Kier molecular flexibility index (Phi) is 6.94. The van der Waals surface area contributed by atoms with E-state index in [0.717, 1.165) is 26.2 Å². The maximum absolute atomic E-state index is 14.4. The Labute approximate surface area is 186 Å². The molecular formula is C22H23F5N2O4. The second-order valence-corrected chi connectivity index (χ2v) is 7.94. The van der Waals surface area contributed by atoms with Crippen molar-refractivity contribution in [3.8, 4) is 5.75 Å². The van der Waals surface area contributed by atoms with Crippen LogP contribution in [0.5, 0.6) is 5.75 Å². The molecule has 1 saturated heterocycles. The number of aliphatic hydroxyl groups excluding tert-OH is 1. The summed E-state index contributed by atoms with van der Waals surface area (Å²) in [6.07, 6.45) is -4.97. The number of pyridine rings is 1. The van der Waals surface area contributed by atoms with Gasteiger partial charge in [0.1, 0.15) is 6.10 Å². The smallest absolute Gasteiger partial charge is 0.417 e. The molecule has 1 aromatic carbocycles. The quantitative estimate of drug-likeness (QED) is 0.620. The molecule has 0 aliphatic carbocycles. The number of aromatic nitrogens is 1. The fraction of sp³-hybridized carbons (Fsp3) is 0.455. The van der Waals surface area contributed by atoms with Gasteiger partial charge in [0.2, 0.25) is 5.82 Å². The molecular weight excluding hydrogens is 451 g/mol.